The highest BCUT2D eigenvalue weighted by atomic mass is 32.5. The van der Waals surface area contributed by atoms with E-state index in [-0.39, 0.29) is 48.6 Å². The molecule has 14 heteroatoms. The first-order valence-corrected chi connectivity index (χ1v) is 15.0. The molecule has 3 fully saturated rings. The number of anilines is 1. The summed E-state index contributed by atoms with van der Waals surface area (Å²) in [4.78, 5) is 30.9. The number of nitrogens with one attached hydrogen (secondary N) is 2. The van der Waals surface area contributed by atoms with Gasteiger partial charge in [0.25, 0.3) is 0 Å². The first-order valence-electron chi connectivity index (χ1n) is 13.0. The molecule has 40 heavy (non-hydrogen) atoms. The Balaban J connectivity index is 1.53. The maximum atomic E-state index is 14.0. The molecule has 5 atom stereocenters. The Hall–Kier alpha value is -2.81. The second-order valence-electron chi connectivity index (χ2n) is 10.5. The minimum absolute atomic E-state index is 0.0202. The van der Waals surface area contributed by atoms with Gasteiger partial charge in [-0.1, -0.05) is 25.5 Å². The molecule has 0 saturated carbocycles. The van der Waals surface area contributed by atoms with E-state index in [1.807, 2.05) is 0 Å². The number of amides is 2. The summed E-state index contributed by atoms with van der Waals surface area (Å²) in [6.07, 6.45) is 5.82. The van der Waals surface area contributed by atoms with E-state index >= 15 is 0 Å². The highest BCUT2D eigenvalue weighted by Crippen LogP contribution is 3.02. The SMILES string of the molecule is CO[C@H]1CN[C@@H](C(=O)N(c2ccc(S(F)(F)(F)(F)F)cc2)C(C(=O)NC2CC3CCC(C2)O3)c2cccnc2)C1. The predicted octanol–water partition coefficient (Wildman–Crippen LogP) is 5.02. The van der Waals surface area contributed by atoms with Crippen molar-refractivity contribution < 1.29 is 38.5 Å². The van der Waals surface area contributed by atoms with Crippen molar-refractivity contribution in [2.24, 2.45) is 0 Å². The second kappa shape index (κ2) is 9.93. The third-order valence-corrected chi connectivity index (χ3v) is 8.83. The van der Waals surface area contributed by atoms with Crippen LogP contribution in [0, 0.1) is 0 Å². The van der Waals surface area contributed by atoms with Crippen LogP contribution in [-0.2, 0) is 19.1 Å². The summed E-state index contributed by atoms with van der Waals surface area (Å²) in [7, 11) is -8.47. The lowest BCUT2D eigenvalue weighted by atomic mass is 10.00. The van der Waals surface area contributed by atoms with Crippen molar-refractivity contribution in [3.63, 3.8) is 0 Å². The number of hydrogen-bond acceptors (Lipinski definition) is 6. The van der Waals surface area contributed by atoms with Crippen LogP contribution in [0.5, 0.6) is 0 Å². The van der Waals surface area contributed by atoms with Crippen LogP contribution in [0.2, 0.25) is 0 Å². The number of nitrogens with zero attached hydrogens (tertiary/aromatic N) is 2. The predicted molar refractivity (Wildman–Crippen MR) is 139 cm³/mol. The number of fused-ring (bicyclic) bond motifs is 2. The number of halogens is 5. The molecule has 2 N–H and O–H groups in total. The average molecular weight is 591 g/mol. The molecule has 5 rings (SSSR count). The third kappa shape index (κ3) is 6.24. The molecule has 3 saturated heterocycles. The zero-order chi connectivity index (χ0) is 28.8. The lowest BCUT2D eigenvalue weighted by molar-refractivity contribution is -0.128. The van der Waals surface area contributed by atoms with Crippen LogP contribution in [0.25, 0.3) is 0 Å². The zero-order valence-corrected chi connectivity index (χ0v) is 22.5. The highest BCUT2D eigenvalue weighted by Gasteiger charge is 2.65. The van der Waals surface area contributed by atoms with Crippen LogP contribution < -0.4 is 15.5 Å². The Bertz CT molecular complexity index is 1240. The first kappa shape index (κ1) is 28.7. The molecule has 0 spiro atoms. The Morgan fingerprint density at radius 2 is 1.75 bits per heavy atom. The molecular formula is C26H31F5N4O4S. The van der Waals surface area contributed by atoms with E-state index in [0.717, 1.165) is 29.9 Å². The van der Waals surface area contributed by atoms with Gasteiger partial charge < -0.3 is 20.1 Å². The van der Waals surface area contributed by atoms with Gasteiger partial charge in [0, 0.05) is 43.3 Å². The van der Waals surface area contributed by atoms with Crippen LogP contribution in [-0.4, -0.2) is 60.8 Å². The van der Waals surface area contributed by atoms with E-state index in [4.69, 9.17) is 9.47 Å². The Morgan fingerprint density at radius 1 is 1.07 bits per heavy atom. The fourth-order valence-corrected chi connectivity index (χ4v) is 6.37. The van der Waals surface area contributed by atoms with Crippen molar-refractivity contribution in [1.82, 2.24) is 15.6 Å². The lowest BCUT2D eigenvalue weighted by Gasteiger charge is -2.41. The van der Waals surface area contributed by atoms with Crippen molar-refractivity contribution in [1.29, 1.82) is 0 Å². The van der Waals surface area contributed by atoms with E-state index in [1.54, 1.807) is 12.1 Å². The molecule has 220 valence electrons. The van der Waals surface area contributed by atoms with Crippen LogP contribution in [0.1, 0.15) is 43.7 Å². The van der Waals surface area contributed by atoms with Crippen molar-refractivity contribution in [2.45, 2.75) is 73.4 Å². The second-order valence-corrected chi connectivity index (χ2v) is 13.0. The van der Waals surface area contributed by atoms with Gasteiger partial charge in [0.2, 0.25) is 11.8 Å². The van der Waals surface area contributed by atoms with Gasteiger partial charge in [-0.3, -0.25) is 19.5 Å². The first-order chi connectivity index (χ1) is 18.7. The number of carbonyl (C=O) groups excluding carboxylic acids is 2. The van der Waals surface area contributed by atoms with Gasteiger partial charge in [-0.25, -0.2) is 0 Å². The molecule has 2 aromatic rings. The van der Waals surface area contributed by atoms with Crippen molar-refractivity contribution in [3.05, 3.63) is 54.4 Å². The Morgan fingerprint density at radius 3 is 2.30 bits per heavy atom. The van der Waals surface area contributed by atoms with Crippen LogP contribution in [0.4, 0.5) is 25.1 Å². The summed E-state index contributed by atoms with van der Waals surface area (Å²) in [5, 5.41) is 6.03. The summed E-state index contributed by atoms with van der Waals surface area (Å²) < 4.78 is 78.5. The van der Waals surface area contributed by atoms with E-state index in [9.17, 15) is 29.0 Å². The smallest absolute Gasteiger partial charge is 0.310 e. The van der Waals surface area contributed by atoms with E-state index in [0.29, 0.717) is 24.9 Å². The molecular weight excluding hydrogens is 559 g/mol. The average Bonchev–Trinajstić information content (AvgIpc) is 3.52. The molecule has 0 radical (unpaired) electrons. The van der Waals surface area contributed by atoms with Gasteiger partial charge in [-0.2, -0.15) is 0 Å². The van der Waals surface area contributed by atoms with Crippen molar-refractivity contribution in [3.8, 4) is 0 Å². The molecule has 2 amide bonds. The number of pyridine rings is 1. The normalized spacial score (nSPS) is 28.8. The fourth-order valence-electron chi connectivity index (χ4n) is 5.72. The molecule has 1 aromatic heterocycles. The zero-order valence-electron chi connectivity index (χ0n) is 21.7. The van der Waals surface area contributed by atoms with Crippen molar-refractivity contribution in [2.75, 3.05) is 18.6 Å². The van der Waals surface area contributed by atoms with E-state index < -0.39 is 39.0 Å². The molecule has 3 unspecified atom stereocenters. The number of carbonyl (C=O) groups is 2. The number of benzene rings is 1. The third-order valence-electron chi connectivity index (χ3n) is 7.66. The van der Waals surface area contributed by atoms with Gasteiger partial charge in [0.15, 0.2) is 0 Å². The van der Waals surface area contributed by atoms with Crippen molar-refractivity contribution >= 4 is 27.7 Å². The molecule has 3 aliphatic rings. The lowest BCUT2D eigenvalue weighted by Crippen LogP contribution is -2.52. The Labute approximate surface area is 228 Å². The maximum Gasteiger partial charge on any atom is 0.310 e. The van der Waals surface area contributed by atoms with Gasteiger partial charge in [0.05, 0.1) is 24.4 Å². The summed E-state index contributed by atoms with van der Waals surface area (Å²) in [5.74, 6) is -1.18. The van der Waals surface area contributed by atoms with Crippen LogP contribution in [0.3, 0.4) is 0 Å². The summed E-state index contributed by atoms with van der Waals surface area (Å²) >= 11 is 0. The number of methoxy groups -OCH3 is 1. The number of aromatic nitrogens is 1. The van der Waals surface area contributed by atoms with E-state index in [1.165, 1.54) is 19.5 Å². The number of rotatable bonds is 8. The summed E-state index contributed by atoms with van der Waals surface area (Å²) in [6.45, 7) is 0.346. The molecule has 1 aromatic carbocycles. The van der Waals surface area contributed by atoms with Gasteiger partial charge in [-0.05, 0) is 62.4 Å². The molecule has 8 nitrogen and oxygen atoms in total. The van der Waals surface area contributed by atoms with Crippen LogP contribution >= 0.6 is 10.2 Å². The molecule has 4 heterocycles. The number of hydrogen-bond donors (Lipinski definition) is 2. The number of ether oxygens (including phenoxy) is 2. The summed E-state index contributed by atoms with van der Waals surface area (Å²) in [6, 6.07) is 2.82. The molecule has 0 aliphatic carbocycles. The van der Waals surface area contributed by atoms with E-state index in [2.05, 4.69) is 15.6 Å². The maximum absolute atomic E-state index is 14.0. The van der Waals surface area contributed by atoms with Gasteiger partial charge in [-0.15, -0.1) is 0 Å². The minimum Gasteiger partial charge on any atom is -0.380 e. The van der Waals surface area contributed by atoms with Crippen LogP contribution in [0.15, 0.2) is 53.7 Å². The Kier molecular flexibility index (Phi) is 7.12. The largest absolute Gasteiger partial charge is 0.380 e. The highest BCUT2D eigenvalue weighted by molar-refractivity contribution is 8.45. The molecule has 2 bridgehead atoms. The monoisotopic (exact) mass is 590 g/mol. The standard InChI is InChI=1S/C26H31F5N4O4S/c1-38-21-13-23(33-15-21)26(37)35(18-4-8-22(9-5-18)40(27,28,29,30)31)24(16-3-2-10-32-14-16)25(36)34-17-11-19-6-7-20(12-17)39-19/h2-5,8-10,14,17,19-21,23-24,33H,6-7,11-13,15H2,1H3,(H,34,36)/t17?,19?,20?,21-,23-,24?/m1/s1. The fraction of sp³-hybridized carbons (Fsp3) is 0.500. The topological polar surface area (TPSA) is 92.8 Å². The quantitative estimate of drug-likeness (QED) is 0.420. The summed E-state index contributed by atoms with van der Waals surface area (Å²) in [5.41, 5.74) is 0.163. The van der Waals surface area contributed by atoms with Gasteiger partial charge in [0.1, 0.15) is 10.9 Å². The minimum atomic E-state index is -9.96. The van der Waals surface area contributed by atoms with Gasteiger partial charge >= 0.3 is 10.2 Å². The molecule has 3 aliphatic heterocycles.